The largest absolute Gasteiger partial charge is 0.327 e. The summed E-state index contributed by atoms with van der Waals surface area (Å²) < 4.78 is 4.22. The molecule has 4 aromatic heterocycles. The summed E-state index contributed by atoms with van der Waals surface area (Å²) in [5.41, 5.74) is 3.01. The van der Waals surface area contributed by atoms with Crippen LogP contribution in [-0.4, -0.2) is 34.1 Å². The molecular formula is C17H17N7. The van der Waals surface area contributed by atoms with Gasteiger partial charge in [-0.1, -0.05) is 0 Å². The lowest BCUT2D eigenvalue weighted by molar-refractivity contribution is 0.665. The third-order valence-electron chi connectivity index (χ3n) is 3.96. The molecule has 0 fully saturated rings. The molecule has 4 heterocycles. The number of aryl methyl sites for hydroxylation is 2. The van der Waals surface area contributed by atoms with Crippen molar-refractivity contribution >= 4 is 11.0 Å². The minimum Gasteiger partial charge on any atom is -0.327 e. The van der Waals surface area contributed by atoms with E-state index >= 15 is 0 Å². The van der Waals surface area contributed by atoms with Crippen molar-refractivity contribution in [2.75, 3.05) is 0 Å². The van der Waals surface area contributed by atoms with Crippen LogP contribution in [-0.2, 0) is 13.1 Å². The predicted octanol–water partition coefficient (Wildman–Crippen LogP) is 2.46. The average molecular weight is 319 g/mol. The maximum atomic E-state index is 4.75. The highest BCUT2D eigenvalue weighted by molar-refractivity contribution is 5.75. The molecule has 0 N–H and O–H groups in total. The molecule has 0 bridgehead atoms. The second kappa shape index (κ2) is 5.84. The van der Waals surface area contributed by atoms with Gasteiger partial charge in [0.25, 0.3) is 0 Å². The molecule has 0 saturated carbocycles. The Kier molecular flexibility index (Phi) is 3.53. The minimum absolute atomic E-state index is 0.606. The van der Waals surface area contributed by atoms with E-state index in [1.165, 1.54) is 0 Å². The summed E-state index contributed by atoms with van der Waals surface area (Å²) in [5.74, 6) is 2.31. The third kappa shape index (κ3) is 2.44. The van der Waals surface area contributed by atoms with E-state index in [1.54, 1.807) is 24.7 Å². The highest BCUT2D eigenvalue weighted by Gasteiger charge is 2.14. The quantitative estimate of drug-likeness (QED) is 0.577. The fourth-order valence-corrected chi connectivity index (χ4v) is 2.86. The van der Waals surface area contributed by atoms with Gasteiger partial charge in [0.05, 0.1) is 18.3 Å². The lowest BCUT2D eigenvalue weighted by atomic mass is 10.3. The van der Waals surface area contributed by atoms with Gasteiger partial charge in [0.2, 0.25) is 0 Å². The number of aromatic nitrogens is 7. The monoisotopic (exact) mass is 319 g/mol. The Hall–Kier alpha value is -3.09. The van der Waals surface area contributed by atoms with Crippen LogP contribution in [0, 0.1) is 6.92 Å². The van der Waals surface area contributed by atoms with Crippen LogP contribution in [0.15, 0.2) is 43.1 Å². The summed E-state index contributed by atoms with van der Waals surface area (Å²) in [6.07, 6.45) is 8.95. The van der Waals surface area contributed by atoms with Gasteiger partial charge < -0.3 is 9.13 Å². The van der Waals surface area contributed by atoms with Crippen molar-refractivity contribution in [1.82, 2.24) is 34.1 Å². The first-order valence-corrected chi connectivity index (χ1v) is 7.86. The molecule has 24 heavy (non-hydrogen) atoms. The van der Waals surface area contributed by atoms with Gasteiger partial charge >= 0.3 is 0 Å². The molecule has 0 aromatic carbocycles. The first kappa shape index (κ1) is 14.5. The van der Waals surface area contributed by atoms with Crippen molar-refractivity contribution in [2.24, 2.45) is 0 Å². The van der Waals surface area contributed by atoms with E-state index in [-0.39, 0.29) is 0 Å². The van der Waals surface area contributed by atoms with Crippen LogP contribution in [0.2, 0.25) is 0 Å². The number of fused-ring (bicyclic) bond motifs is 1. The molecule has 7 heteroatoms. The van der Waals surface area contributed by atoms with Crippen molar-refractivity contribution in [3.05, 3.63) is 54.6 Å². The van der Waals surface area contributed by atoms with Gasteiger partial charge in [-0.15, -0.1) is 0 Å². The SMILES string of the molecule is CCn1c(Cn2ccnc2-c2ncccn2)nc2cnc(C)cc21. The number of imidazole rings is 2. The molecule has 0 atom stereocenters. The van der Waals surface area contributed by atoms with E-state index < -0.39 is 0 Å². The van der Waals surface area contributed by atoms with Crippen LogP contribution in [0.3, 0.4) is 0 Å². The van der Waals surface area contributed by atoms with Crippen molar-refractivity contribution in [2.45, 2.75) is 26.9 Å². The van der Waals surface area contributed by atoms with E-state index in [0.29, 0.717) is 12.4 Å². The highest BCUT2D eigenvalue weighted by atomic mass is 15.2. The Labute approximate surface area is 139 Å². The normalized spacial score (nSPS) is 11.2. The number of nitrogens with zero attached hydrogens (tertiary/aromatic N) is 7. The van der Waals surface area contributed by atoms with Crippen LogP contribution in [0.5, 0.6) is 0 Å². The molecule has 0 spiro atoms. The number of hydrogen-bond donors (Lipinski definition) is 0. The Bertz CT molecular complexity index is 985. The number of rotatable bonds is 4. The van der Waals surface area contributed by atoms with E-state index in [1.807, 2.05) is 23.9 Å². The Morgan fingerprint density at radius 2 is 1.88 bits per heavy atom. The Balaban J connectivity index is 1.77. The smallest absolute Gasteiger partial charge is 0.195 e. The van der Waals surface area contributed by atoms with Crippen molar-refractivity contribution in [3.8, 4) is 11.6 Å². The van der Waals surface area contributed by atoms with Crippen molar-refractivity contribution in [3.63, 3.8) is 0 Å². The maximum absolute atomic E-state index is 4.75. The fourth-order valence-electron chi connectivity index (χ4n) is 2.86. The van der Waals surface area contributed by atoms with Crippen molar-refractivity contribution < 1.29 is 0 Å². The average Bonchev–Trinajstić information content (AvgIpc) is 3.19. The van der Waals surface area contributed by atoms with E-state index in [9.17, 15) is 0 Å². The first-order chi connectivity index (χ1) is 11.8. The van der Waals surface area contributed by atoms with E-state index in [2.05, 4.69) is 37.5 Å². The zero-order chi connectivity index (χ0) is 16.5. The topological polar surface area (TPSA) is 74.3 Å². The van der Waals surface area contributed by atoms with Gasteiger partial charge in [0.15, 0.2) is 11.6 Å². The summed E-state index contributed by atoms with van der Waals surface area (Å²) in [6, 6.07) is 3.87. The van der Waals surface area contributed by atoms with Gasteiger partial charge in [0, 0.05) is 37.0 Å². The lowest BCUT2D eigenvalue weighted by Gasteiger charge is -2.09. The molecule has 0 radical (unpaired) electrons. The van der Waals surface area contributed by atoms with Gasteiger partial charge in [-0.2, -0.15) is 0 Å². The minimum atomic E-state index is 0.606. The van der Waals surface area contributed by atoms with Crippen molar-refractivity contribution in [1.29, 1.82) is 0 Å². The number of pyridine rings is 1. The van der Waals surface area contributed by atoms with Gasteiger partial charge in [-0.25, -0.2) is 19.9 Å². The second-order valence-electron chi connectivity index (χ2n) is 5.54. The molecule has 0 amide bonds. The molecule has 7 nitrogen and oxygen atoms in total. The standard InChI is InChI=1S/C17H17N7/c1-3-24-14-9-12(2)21-10-13(14)22-15(24)11-23-8-7-20-17(23)16-18-5-4-6-19-16/h4-10H,3,11H2,1-2H3. The van der Waals surface area contributed by atoms with Crippen LogP contribution < -0.4 is 0 Å². The summed E-state index contributed by atoms with van der Waals surface area (Å²) in [4.78, 5) is 22.1. The first-order valence-electron chi connectivity index (χ1n) is 7.86. The van der Waals surface area contributed by atoms with E-state index in [4.69, 9.17) is 4.98 Å². The number of hydrogen-bond acceptors (Lipinski definition) is 5. The molecule has 120 valence electrons. The molecular weight excluding hydrogens is 302 g/mol. The predicted molar refractivity (Wildman–Crippen MR) is 90.3 cm³/mol. The van der Waals surface area contributed by atoms with Gasteiger partial charge in [-0.3, -0.25) is 4.98 Å². The summed E-state index contributed by atoms with van der Waals surface area (Å²) in [5, 5.41) is 0. The van der Waals surface area contributed by atoms with E-state index in [0.717, 1.165) is 34.9 Å². The molecule has 4 rings (SSSR count). The summed E-state index contributed by atoms with van der Waals surface area (Å²) in [7, 11) is 0. The molecule has 0 saturated heterocycles. The zero-order valence-electron chi connectivity index (χ0n) is 13.6. The molecule has 0 aliphatic rings. The zero-order valence-corrected chi connectivity index (χ0v) is 13.6. The van der Waals surface area contributed by atoms with Crippen LogP contribution >= 0.6 is 0 Å². The van der Waals surface area contributed by atoms with Crippen LogP contribution in [0.1, 0.15) is 18.4 Å². The van der Waals surface area contributed by atoms with Gasteiger partial charge in [-0.05, 0) is 26.0 Å². The van der Waals surface area contributed by atoms with Crippen LogP contribution in [0.4, 0.5) is 0 Å². The third-order valence-corrected chi connectivity index (χ3v) is 3.96. The maximum Gasteiger partial charge on any atom is 0.195 e. The van der Waals surface area contributed by atoms with Crippen LogP contribution in [0.25, 0.3) is 22.7 Å². The molecule has 4 aromatic rings. The molecule has 0 aliphatic carbocycles. The highest BCUT2D eigenvalue weighted by Crippen LogP contribution is 2.19. The summed E-state index contributed by atoms with van der Waals surface area (Å²) in [6.45, 7) is 5.57. The molecule has 0 unspecified atom stereocenters. The lowest BCUT2D eigenvalue weighted by Crippen LogP contribution is -2.09. The second-order valence-corrected chi connectivity index (χ2v) is 5.54. The Morgan fingerprint density at radius 1 is 1.04 bits per heavy atom. The van der Waals surface area contributed by atoms with Gasteiger partial charge in [0.1, 0.15) is 11.3 Å². The fraction of sp³-hybridized carbons (Fsp3) is 0.235. The summed E-state index contributed by atoms with van der Waals surface area (Å²) >= 11 is 0. The molecule has 0 aliphatic heterocycles. The Morgan fingerprint density at radius 3 is 2.67 bits per heavy atom.